The molecule has 2 heteroatoms. The van der Waals surface area contributed by atoms with Crippen LogP contribution in [0.2, 0.25) is 0 Å². The molecule has 0 aliphatic heterocycles. The maximum Gasteiger partial charge on any atom is 0.173 e. The van der Waals surface area contributed by atoms with Crippen LogP contribution >= 0.6 is 11.8 Å². The predicted octanol–water partition coefficient (Wildman–Crippen LogP) is 4.77. The number of hydrogen-bond acceptors (Lipinski definition) is 2. The Morgan fingerprint density at radius 2 is 1.86 bits per heavy atom. The molecular weight excluding hydrogens is 276 g/mol. The summed E-state index contributed by atoms with van der Waals surface area (Å²) in [5.74, 6) is 0.741. The van der Waals surface area contributed by atoms with Crippen molar-refractivity contribution in [3.05, 3.63) is 64.2 Å². The van der Waals surface area contributed by atoms with E-state index in [-0.39, 0.29) is 5.78 Å². The number of hydrogen-bond donors (Lipinski definition) is 0. The molecule has 1 aliphatic rings. The van der Waals surface area contributed by atoms with Gasteiger partial charge in [0.25, 0.3) is 0 Å². The van der Waals surface area contributed by atoms with Crippen molar-refractivity contribution in [1.82, 2.24) is 0 Å². The molecular formula is C19H20OS. The smallest absolute Gasteiger partial charge is 0.173 e. The molecule has 0 amide bonds. The van der Waals surface area contributed by atoms with Gasteiger partial charge < -0.3 is 0 Å². The number of rotatable bonds is 4. The van der Waals surface area contributed by atoms with Gasteiger partial charge >= 0.3 is 0 Å². The number of benzene rings is 2. The van der Waals surface area contributed by atoms with E-state index in [1.54, 1.807) is 11.8 Å². The van der Waals surface area contributed by atoms with E-state index in [1.807, 2.05) is 26.0 Å². The molecule has 0 saturated carbocycles. The number of fused-ring (bicyclic) bond motifs is 1. The molecule has 0 bridgehead atoms. The molecule has 0 fully saturated rings. The number of Topliss-reactive ketones (excluding diaryl/α,β-unsaturated/α-hetero) is 1. The molecule has 0 atom stereocenters. The van der Waals surface area contributed by atoms with E-state index in [9.17, 15) is 4.79 Å². The Morgan fingerprint density at radius 3 is 2.71 bits per heavy atom. The number of aryl methyl sites for hydroxylation is 4. The Morgan fingerprint density at radius 1 is 1.05 bits per heavy atom. The molecule has 0 radical (unpaired) electrons. The third-order valence-electron chi connectivity index (χ3n) is 4.13. The lowest BCUT2D eigenvalue weighted by Crippen LogP contribution is -2.05. The van der Waals surface area contributed by atoms with Crippen LogP contribution in [0.4, 0.5) is 0 Å². The van der Waals surface area contributed by atoms with Crippen molar-refractivity contribution >= 4 is 17.5 Å². The topological polar surface area (TPSA) is 17.1 Å². The Hall–Kier alpha value is -1.54. The predicted molar refractivity (Wildman–Crippen MR) is 89.4 cm³/mol. The van der Waals surface area contributed by atoms with Gasteiger partial charge in [0.2, 0.25) is 0 Å². The first kappa shape index (κ1) is 14.4. The highest BCUT2D eigenvalue weighted by atomic mass is 32.2. The Balaban J connectivity index is 1.70. The molecule has 0 spiro atoms. The van der Waals surface area contributed by atoms with Crippen LogP contribution in [-0.4, -0.2) is 11.5 Å². The van der Waals surface area contributed by atoms with Gasteiger partial charge in [0, 0.05) is 10.5 Å². The van der Waals surface area contributed by atoms with Crippen molar-refractivity contribution in [3.8, 4) is 0 Å². The van der Waals surface area contributed by atoms with Crippen LogP contribution in [0.25, 0.3) is 0 Å². The van der Waals surface area contributed by atoms with E-state index < -0.39 is 0 Å². The van der Waals surface area contributed by atoms with Gasteiger partial charge in [-0.1, -0.05) is 23.8 Å². The fraction of sp³-hybridized carbons (Fsp3) is 0.316. The van der Waals surface area contributed by atoms with Crippen LogP contribution in [0, 0.1) is 13.8 Å². The average Bonchev–Trinajstić information content (AvgIpc) is 2.94. The van der Waals surface area contributed by atoms with Gasteiger partial charge in [0.1, 0.15) is 0 Å². The minimum absolute atomic E-state index is 0.224. The SMILES string of the molecule is Cc1ccc(C)c(C(=O)CSc2ccc3c(c2)CCC3)c1. The second kappa shape index (κ2) is 6.07. The van der Waals surface area contributed by atoms with E-state index >= 15 is 0 Å². The van der Waals surface area contributed by atoms with Gasteiger partial charge in [-0.05, 0) is 68.0 Å². The van der Waals surface area contributed by atoms with Crippen molar-refractivity contribution in [2.24, 2.45) is 0 Å². The van der Waals surface area contributed by atoms with Gasteiger partial charge in [-0.15, -0.1) is 11.8 Å². The Labute approximate surface area is 130 Å². The van der Waals surface area contributed by atoms with Gasteiger partial charge in [0.05, 0.1) is 5.75 Å². The van der Waals surface area contributed by atoms with Crippen molar-refractivity contribution in [2.45, 2.75) is 38.0 Å². The monoisotopic (exact) mass is 296 g/mol. The lowest BCUT2D eigenvalue weighted by molar-refractivity contribution is 0.102. The first-order valence-electron chi connectivity index (χ1n) is 7.48. The van der Waals surface area contributed by atoms with E-state index in [1.165, 1.54) is 35.3 Å². The summed E-state index contributed by atoms with van der Waals surface area (Å²) in [6.07, 6.45) is 3.67. The Kier molecular flexibility index (Phi) is 4.16. The van der Waals surface area contributed by atoms with Crippen LogP contribution in [-0.2, 0) is 12.8 Å². The van der Waals surface area contributed by atoms with Gasteiger partial charge in [-0.2, -0.15) is 0 Å². The summed E-state index contributed by atoms with van der Waals surface area (Å²) in [7, 11) is 0. The molecule has 0 N–H and O–H groups in total. The fourth-order valence-electron chi connectivity index (χ4n) is 2.90. The van der Waals surface area contributed by atoms with Gasteiger partial charge in [0.15, 0.2) is 5.78 Å². The van der Waals surface area contributed by atoms with E-state index in [2.05, 4.69) is 24.3 Å². The molecule has 0 saturated heterocycles. The average molecular weight is 296 g/mol. The van der Waals surface area contributed by atoms with Crippen LogP contribution in [0.3, 0.4) is 0 Å². The Bertz CT molecular complexity index is 688. The van der Waals surface area contributed by atoms with E-state index in [4.69, 9.17) is 0 Å². The zero-order valence-corrected chi connectivity index (χ0v) is 13.4. The highest BCUT2D eigenvalue weighted by molar-refractivity contribution is 8.00. The zero-order chi connectivity index (χ0) is 14.8. The standard InChI is InChI=1S/C19H20OS/c1-13-6-7-14(2)18(10-13)19(20)12-21-17-9-8-15-4-3-5-16(15)11-17/h6-11H,3-5,12H2,1-2H3. The van der Waals surface area contributed by atoms with Crippen molar-refractivity contribution < 1.29 is 4.79 Å². The summed E-state index contributed by atoms with van der Waals surface area (Å²) < 4.78 is 0. The molecule has 1 aliphatic carbocycles. The van der Waals surface area contributed by atoms with Crippen molar-refractivity contribution in [1.29, 1.82) is 0 Å². The minimum atomic E-state index is 0.224. The van der Waals surface area contributed by atoms with Gasteiger partial charge in [-0.25, -0.2) is 0 Å². The number of carbonyl (C=O) groups is 1. The van der Waals surface area contributed by atoms with Crippen molar-refractivity contribution in [2.75, 3.05) is 5.75 Å². The summed E-state index contributed by atoms with van der Waals surface area (Å²) in [4.78, 5) is 13.6. The minimum Gasteiger partial charge on any atom is -0.293 e. The second-order valence-corrected chi connectivity index (χ2v) is 6.86. The summed E-state index contributed by atoms with van der Waals surface area (Å²) in [6.45, 7) is 4.04. The lowest BCUT2D eigenvalue weighted by atomic mass is 10.0. The number of thioether (sulfide) groups is 1. The van der Waals surface area contributed by atoms with Crippen LogP contribution < -0.4 is 0 Å². The molecule has 1 nitrogen and oxygen atoms in total. The molecule has 0 heterocycles. The summed E-state index contributed by atoms with van der Waals surface area (Å²) >= 11 is 1.65. The third-order valence-corrected chi connectivity index (χ3v) is 5.13. The maximum absolute atomic E-state index is 12.4. The molecule has 2 aromatic carbocycles. The maximum atomic E-state index is 12.4. The number of ketones is 1. The van der Waals surface area contributed by atoms with Crippen LogP contribution in [0.5, 0.6) is 0 Å². The van der Waals surface area contributed by atoms with E-state index in [0.29, 0.717) is 5.75 Å². The summed E-state index contributed by atoms with van der Waals surface area (Å²) in [5, 5.41) is 0. The molecule has 3 rings (SSSR count). The number of carbonyl (C=O) groups excluding carboxylic acids is 1. The zero-order valence-electron chi connectivity index (χ0n) is 12.6. The van der Waals surface area contributed by atoms with E-state index in [0.717, 1.165) is 16.7 Å². The lowest BCUT2D eigenvalue weighted by Gasteiger charge is -2.07. The molecule has 0 aromatic heterocycles. The second-order valence-electron chi connectivity index (χ2n) is 5.81. The van der Waals surface area contributed by atoms with Gasteiger partial charge in [-0.3, -0.25) is 4.79 Å². The normalized spacial score (nSPS) is 13.2. The molecule has 2 aromatic rings. The first-order chi connectivity index (χ1) is 10.1. The van der Waals surface area contributed by atoms with Crippen LogP contribution in [0.1, 0.15) is 39.0 Å². The molecule has 108 valence electrons. The largest absolute Gasteiger partial charge is 0.293 e. The fourth-order valence-corrected chi connectivity index (χ4v) is 3.74. The summed E-state index contributed by atoms with van der Waals surface area (Å²) in [5.41, 5.74) is 6.04. The molecule has 0 unspecified atom stereocenters. The third kappa shape index (κ3) is 3.21. The summed E-state index contributed by atoms with van der Waals surface area (Å²) in [6, 6.07) is 12.7. The van der Waals surface area contributed by atoms with Crippen molar-refractivity contribution in [3.63, 3.8) is 0 Å². The van der Waals surface area contributed by atoms with Crippen LogP contribution in [0.15, 0.2) is 41.3 Å². The molecule has 21 heavy (non-hydrogen) atoms. The highest BCUT2D eigenvalue weighted by Gasteiger charge is 2.13. The quantitative estimate of drug-likeness (QED) is 0.597. The highest BCUT2D eigenvalue weighted by Crippen LogP contribution is 2.28. The first-order valence-corrected chi connectivity index (χ1v) is 8.47.